The van der Waals surface area contributed by atoms with E-state index in [0.29, 0.717) is 49.4 Å². The van der Waals surface area contributed by atoms with Crippen LogP contribution in [-0.2, 0) is 21.9 Å². The molecule has 0 spiro atoms. The van der Waals surface area contributed by atoms with Crippen LogP contribution in [-0.4, -0.2) is 34.1 Å². The largest absolute Gasteiger partial charge is 0.507 e. The Bertz CT molecular complexity index is 1920. The van der Waals surface area contributed by atoms with Crippen molar-refractivity contribution < 1.29 is 24.2 Å². The van der Waals surface area contributed by atoms with Gasteiger partial charge in [0.25, 0.3) is 5.78 Å². The van der Waals surface area contributed by atoms with Crippen molar-refractivity contribution in [2.45, 2.75) is 22.7 Å². The molecule has 46 heavy (non-hydrogen) atoms. The van der Waals surface area contributed by atoms with E-state index in [-0.39, 0.29) is 16.5 Å². The van der Waals surface area contributed by atoms with Gasteiger partial charge >= 0.3 is 5.91 Å². The molecule has 1 amide bonds. The Labute approximate surface area is 283 Å². The number of thioether (sulfide) groups is 1. The number of halogens is 2. The lowest BCUT2D eigenvalue weighted by atomic mass is 9.95. The van der Waals surface area contributed by atoms with Gasteiger partial charge in [-0.1, -0.05) is 94.8 Å². The van der Waals surface area contributed by atoms with Gasteiger partial charge < -0.3 is 14.6 Å². The number of aliphatic hydroxyl groups excluding tert-OH is 1. The molecule has 12 heteroatoms. The summed E-state index contributed by atoms with van der Waals surface area (Å²) in [5.74, 6) is -0.282. The molecule has 1 N–H and O–H groups in total. The maximum atomic E-state index is 13.6. The van der Waals surface area contributed by atoms with Gasteiger partial charge in [-0.25, -0.2) is 0 Å². The van der Waals surface area contributed by atoms with Crippen molar-refractivity contribution in [2.24, 2.45) is 0 Å². The third-order valence-corrected chi connectivity index (χ3v) is 9.91. The van der Waals surface area contributed by atoms with Crippen molar-refractivity contribution in [3.63, 3.8) is 0 Å². The number of ketones is 1. The highest BCUT2D eigenvalue weighted by Crippen LogP contribution is 2.44. The standard InChI is InChI=1S/C34H25Cl2N3O5S2/c1-43-25-13-10-22(11-14-25)30(40)28-29(21-8-15-26(16-9-21)44-18-20-5-3-2-4-6-20)39(32(42)31(28)41)33-37-38-34(46-33)45-19-23-7-12-24(35)17-27(23)36/h2-17,29,40H,18-19H2,1H3/b30-28-. The van der Waals surface area contributed by atoms with E-state index in [4.69, 9.17) is 32.7 Å². The van der Waals surface area contributed by atoms with Crippen LogP contribution >= 0.6 is 46.3 Å². The zero-order chi connectivity index (χ0) is 32.2. The lowest BCUT2D eigenvalue weighted by Crippen LogP contribution is -2.29. The van der Waals surface area contributed by atoms with Crippen molar-refractivity contribution in [2.75, 3.05) is 12.0 Å². The Kier molecular flexibility index (Phi) is 9.60. The molecular formula is C34H25Cl2N3O5S2. The molecule has 4 aromatic carbocycles. The second kappa shape index (κ2) is 14.0. The van der Waals surface area contributed by atoms with E-state index in [9.17, 15) is 14.7 Å². The van der Waals surface area contributed by atoms with Gasteiger partial charge in [-0.3, -0.25) is 14.5 Å². The molecule has 0 aliphatic carbocycles. The van der Waals surface area contributed by atoms with E-state index in [1.807, 2.05) is 36.4 Å². The molecule has 1 atom stereocenters. The van der Waals surface area contributed by atoms with Gasteiger partial charge in [0, 0.05) is 21.4 Å². The smallest absolute Gasteiger partial charge is 0.301 e. The number of hydrogen-bond acceptors (Lipinski definition) is 9. The lowest BCUT2D eigenvalue weighted by molar-refractivity contribution is -0.132. The first-order valence-corrected chi connectivity index (χ1v) is 16.5. The maximum Gasteiger partial charge on any atom is 0.301 e. The molecule has 0 radical (unpaired) electrons. The van der Waals surface area contributed by atoms with Crippen LogP contribution in [0.3, 0.4) is 0 Å². The Morgan fingerprint density at radius 3 is 2.35 bits per heavy atom. The van der Waals surface area contributed by atoms with Crippen LogP contribution in [0.1, 0.15) is 28.3 Å². The highest BCUT2D eigenvalue weighted by atomic mass is 35.5. The fourth-order valence-electron chi connectivity index (χ4n) is 4.87. The Hall–Kier alpha value is -4.35. The van der Waals surface area contributed by atoms with Crippen LogP contribution in [0.4, 0.5) is 5.13 Å². The molecule has 5 aromatic rings. The zero-order valence-corrected chi connectivity index (χ0v) is 27.4. The number of nitrogens with zero attached hydrogens (tertiary/aromatic N) is 3. The number of carbonyl (C=O) groups excluding carboxylic acids is 2. The SMILES string of the molecule is COc1ccc(/C(O)=C2/C(=O)C(=O)N(c3nnc(SCc4ccc(Cl)cc4Cl)s3)C2c2ccc(OCc3ccccc3)cc2)cc1. The summed E-state index contributed by atoms with van der Waals surface area (Å²) in [5, 5.41) is 21.3. The zero-order valence-electron chi connectivity index (χ0n) is 24.2. The monoisotopic (exact) mass is 689 g/mol. The first-order valence-electron chi connectivity index (χ1n) is 13.9. The summed E-state index contributed by atoms with van der Waals surface area (Å²) in [6.45, 7) is 0.378. The van der Waals surface area contributed by atoms with E-state index in [1.165, 1.54) is 35.1 Å². The number of amides is 1. The Morgan fingerprint density at radius 2 is 1.65 bits per heavy atom. The molecule has 232 valence electrons. The number of Topliss-reactive ketones (excluding diaryl/α,β-unsaturated/α-hetero) is 1. The predicted molar refractivity (Wildman–Crippen MR) is 181 cm³/mol. The minimum absolute atomic E-state index is 0.0644. The minimum atomic E-state index is -0.971. The molecule has 6 rings (SSSR count). The van der Waals surface area contributed by atoms with Gasteiger partial charge in [0.15, 0.2) is 4.34 Å². The highest BCUT2D eigenvalue weighted by molar-refractivity contribution is 8.00. The van der Waals surface area contributed by atoms with Crippen molar-refractivity contribution in [1.82, 2.24) is 10.2 Å². The molecule has 1 aliphatic heterocycles. The fourth-order valence-corrected chi connectivity index (χ4v) is 7.30. The summed E-state index contributed by atoms with van der Waals surface area (Å²) in [5.41, 5.74) is 2.76. The normalized spacial score (nSPS) is 15.7. The molecule has 0 saturated carbocycles. The highest BCUT2D eigenvalue weighted by Gasteiger charge is 2.48. The van der Waals surface area contributed by atoms with E-state index in [2.05, 4.69) is 10.2 Å². The number of hydrogen-bond donors (Lipinski definition) is 1. The molecule has 1 unspecified atom stereocenters. The number of benzene rings is 4. The topological polar surface area (TPSA) is 102 Å². The van der Waals surface area contributed by atoms with E-state index in [1.54, 1.807) is 60.7 Å². The van der Waals surface area contributed by atoms with E-state index < -0.39 is 17.7 Å². The van der Waals surface area contributed by atoms with Gasteiger partial charge in [0.1, 0.15) is 23.9 Å². The summed E-state index contributed by atoms with van der Waals surface area (Å²) >= 11 is 14.9. The molecular weight excluding hydrogens is 665 g/mol. The average Bonchev–Trinajstić information content (AvgIpc) is 3.65. The summed E-state index contributed by atoms with van der Waals surface area (Å²) in [7, 11) is 1.53. The lowest BCUT2D eigenvalue weighted by Gasteiger charge is -2.22. The number of aliphatic hydroxyl groups is 1. The molecule has 0 bridgehead atoms. The van der Waals surface area contributed by atoms with Gasteiger partial charge in [0.05, 0.1) is 18.7 Å². The number of anilines is 1. The third-order valence-electron chi connectivity index (χ3n) is 7.22. The molecule has 1 fully saturated rings. The summed E-state index contributed by atoms with van der Waals surface area (Å²) in [6.07, 6.45) is 0. The predicted octanol–water partition coefficient (Wildman–Crippen LogP) is 8.35. The number of aromatic nitrogens is 2. The number of methoxy groups -OCH3 is 1. The average molecular weight is 691 g/mol. The van der Waals surface area contributed by atoms with Gasteiger partial charge in [-0.05, 0) is 65.2 Å². The summed E-state index contributed by atoms with van der Waals surface area (Å²) < 4.78 is 11.8. The molecule has 2 heterocycles. The Morgan fingerprint density at radius 1 is 0.935 bits per heavy atom. The van der Waals surface area contributed by atoms with Crippen molar-refractivity contribution in [3.05, 3.63) is 135 Å². The maximum absolute atomic E-state index is 13.6. The quantitative estimate of drug-likeness (QED) is 0.0513. The number of ether oxygens (including phenoxy) is 2. The van der Waals surface area contributed by atoms with Gasteiger partial charge in [-0.15, -0.1) is 10.2 Å². The van der Waals surface area contributed by atoms with Crippen LogP contribution in [0.15, 0.2) is 107 Å². The van der Waals surface area contributed by atoms with Crippen LogP contribution < -0.4 is 14.4 Å². The fraction of sp³-hybridized carbons (Fsp3) is 0.118. The molecule has 1 aromatic heterocycles. The molecule has 1 saturated heterocycles. The second-order valence-electron chi connectivity index (χ2n) is 10.1. The third kappa shape index (κ3) is 6.75. The van der Waals surface area contributed by atoms with Crippen LogP contribution in [0, 0.1) is 0 Å². The minimum Gasteiger partial charge on any atom is -0.507 e. The summed E-state index contributed by atoms with van der Waals surface area (Å²) in [4.78, 5) is 28.5. The Balaban J connectivity index is 1.33. The number of rotatable bonds is 10. The van der Waals surface area contributed by atoms with Gasteiger partial charge in [0.2, 0.25) is 5.13 Å². The van der Waals surface area contributed by atoms with E-state index in [0.717, 1.165) is 11.1 Å². The van der Waals surface area contributed by atoms with Crippen molar-refractivity contribution in [1.29, 1.82) is 0 Å². The second-order valence-corrected chi connectivity index (χ2v) is 13.1. The van der Waals surface area contributed by atoms with Crippen molar-refractivity contribution >= 4 is 68.9 Å². The van der Waals surface area contributed by atoms with Crippen LogP contribution in [0.2, 0.25) is 10.0 Å². The first-order chi connectivity index (χ1) is 22.3. The van der Waals surface area contributed by atoms with Crippen molar-refractivity contribution in [3.8, 4) is 11.5 Å². The summed E-state index contributed by atoms with van der Waals surface area (Å²) in [6, 6.07) is 27.7. The first kappa shape index (κ1) is 31.6. The number of carbonyl (C=O) groups is 2. The van der Waals surface area contributed by atoms with E-state index >= 15 is 0 Å². The van der Waals surface area contributed by atoms with Crippen LogP contribution in [0.5, 0.6) is 11.5 Å². The molecule has 1 aliphatic rings. The van der Waals surface area contributed by atoms with Gasteiger partial charge in [-0.2, -0.15) is 0 Å². The molecule has 8 nitrogen and oxygen atoms in total. The van der Waals surface area contributed by atoms with Crippen LogP contribution in [0.25, 0.3) is 5.76 Å².